The molecule has 5 nitrogen and oxygen atoms in total. The van der Waals surface area contributed by atoms with Crippen LogP contribution in [-0.2, 0) is 17.1 Å². The van der Waals surface area contributed by atoms with Gasteiger partial charge in [-0.3, -0.25) is 9.18 Å². The number of amides is 1. The fourth-order valence-corrected chi connectivity index (χ4v) is 2.44. The first-order valence-corrected chi connectivity index (χ1v) is 7.78. The molecule has 0 aliphatic heterocycles. The predicted molar refractivity (Wildman–Crippen MR) is 88.6 cm³/mol. The molecule has 25 heavy (non-hydrogen) atoms. The van der Waals surface area contributed by atoms with Crippen molar-refractivity contribution >= 4 is 23.3 Å². The first kappa shape index (κ1) is 20.8. The summed E-state index contributed by atoms with van der Waals surface area (Å²) in [5.41, 5.74) is 0.941. The Bertz CT molecular complexity index is 691. The number of hydrogen-bond acceptors (Lipinski definition) is 5. The van der Waals surface area contributed by atoms with E-state index in [2.05, 4.69) is 10.3 Å². The van der Waals surface area contributed by atoms with Crippen molar-refractivity contribution in [2.24, 2.45) is 0 Å². The number of benzene rings is 1. The van der Waals surface area contributed by atoms with Crippen molar-refractivity contribution in [1.82, 2.24) is 10.3 Å². The zero-order chi connectivity index (χ0) is 18.9. The minimum absolute atomic E-state index is 0.350. The van der Waals surface area contributed by atoms with Crippen LogP contribution >= 0.6 is 11.3 Å². The minimum Gasteiger partial charge on any atom is -0.356 e. The van der Waals surface area contributed by atoms with Gasteiger partial charge in [0, 0.05) is 23.7 Å². The smallest absolute Gasteiger partial charge is 0.298 e. The first-order valence-electron chi connectivity index (χ1n) is 6.96. The molecule has 2 aromatic rings. The highest BCUT2D eigenvalue weighted by molar-refractivity contribution is 7.12. The summed E-state index contributed by atoms with van der Waals surface area (Å²) in [5.74, 6) is -3.65. The largest absolute Gasteiger partial charge is 0.356 e. The van der Waals surface area contributed by atoms with E-state index < -0.39 is 17.2 Å². The van der Waals surface area contributed by atoms with Gasteiger partial charge in [0.25, 0.3) is 12.2 Å². The van der Waals surface area contributed by atoms with Crippen LogP contribution in [0.4, 0.5) is 13.2 Å². The third-order valence-corrected chi connectivity index (χ3v) is 3.93. The van der Waals surface area contributed by atoms with E-state index in [4.69, 9.17) is 0 Å². The van der Waals surface area contributed by atoms with E-state index in [0.717, 1.165) is 5.56 Å². The van der Waals surface area contributed by atoms with Crippen molar-refractivity contribution < 1.29 is 28.2 Å². The Kier molecular flexibility index (Phi) is 8.26. The second kappa shape index (κ2) is 9.92. The van der Waals surface area contributed by atoms with Gasteiger partial charge in [-0.2, -0.15) is 0 Å². The van der Waals surface area contributed by atoms with Crippen LogP contribution in [0.5, 0.6) is 0 Å². The Morgan fingerprint density at radius 2 is 1.96 bits per heavy atom. The summed E-state index contributed by atoms with van der Waals surface area (Å²) in [5, 5.41) is 20.6. The van der Waals surface area contributed by atoms with E-state index in [1.807, 2.05) is 30.3 Å². The molecule has 3 N–H and O–H groups in total. The van der Waals surface area contributed by atoms with Gasteiger partial charge in [-0.1, -0.05) is 30.3 Å². The third-order valence-electron chi connectivity index (χ3n) is 2.85. The van der Waals surface area contributed by atoms with Gasteiger partial charge in [0.05, 0.1) is 7.18 Å². The highest BCUT2D eigenvalue weighted by Crippen LogP contribution is 2.29. The third kappa shape index (κ3) is 6.29. The average Bonchev–Trinajstić information content (AvgIpc) is 3.10. The lowest BCUT2D eigenvalue weighted by molar-refractivity contribution is -0.248. The number of aromatic nitrogens is 1. The van der Waals surface area contributed by atoms with Crippen molar-refractivity contribution in [2.45, 2.75) is 18.8 Å². The number of alkyl halides is 3. The van der Waals surface area contributed by atoms with Gasteiger partial charge in [0.1, 0.15) is 0 Å². The highest BCUT2D eigenvalue weighted by atomic mass is 32.1. The van der Waals surface area contributed by atoms with Gasteiger partial charge in [-0.15, -0.1) is 11.3 Å². The summed E-state index contributed by atoms with van der Waals surface area (Å²) in [7, 11) is 0.500. The lowest BCUT2D eigenvalue weighted by Crippen LogP contribution is -2.33. The van der Waals surface area contributed by atoms with E-state index in [9.17, 15) is 28.2 Å². The maximum atomic E-state index is 12.5. The van der Waals surface area contributed by atoms with E-state index in [1.165, 1.54) is 18.3 Å². The summed E-state index contributed by atoms with van der Waals surface area (Å²) in [6.45, 7) is 0.361. The molecule has 9 heteroatoms. The molecular formula is C16H17F3N2O3S. The molecule has 0 saturated carbocycles. The van der Waals surface area contributed by atoms with Crippen molar-refractivity contribution in [3.05, 3.63) is 58.1 Å². The van der Waals surface area contributed by atoms with Gasteiger partial charge in [0.15, 0.2) is 5.01 Å². The molecule has 1 amide bonds. The van der Waals surface area contributed by atoms with Crippen LogP contribution < -0.4 is 5.32 Å². The molecule has 136 valence electrons. The number of carbonyl (C=O) groups is 1. The quantitative estimate of drug-likeness (QED) is 0.536. The predicted octanol–water partition coefficient (Wildman–Crippen LogP) is 2.46. The highest BCUT2D eigenvalue weighted by Gasteiger charge is 2.40. The van der Waals surface area contributed by atoms with Crippen molar-refractivity contribution in [3.63, 3.8) is 0 Å². The van der Waals surface area contributed by atoms with Crippen LogP contribution in [0.25, 0.3) is 6.08 Å². The maximum absolute atomic E-state index is 12.5. The second-order valence-corrected chi connectivity index (χ2v) is 5.69. The summed E-state index contributed by atoms with van der Waals surface area (Å²) in [6, 6.07) is 9.32. The van der Waals surface area contributed by atoms with E-state index in [1.54, 1.807) is 0 Å². The molecule has 0 radical (unpaired) electrons. The number of hydrogen-bond donors (Lipinski definition) is 3. The number of nitrogens with one attached hydrogen (secondary N) is 1. The van der Waals surface area contributed by atoms with Crippen LogP contribution in [0.2, 0.25) is 0 Å². The summed E-state index contributed by atoms with van der Waals surface area (Å²) in [4.78, 5) is 15.6. The number of halogens is 3. The van der Waals surface area contributed by atoms with Gasteiger partial charge >= 0.3 is 0 Å². The molecular weight excluding hydrogens is 357 g/mol. The molecule has 0 unspecified atom stereocenters. The summed E-state index contributed by atoms with van der Waals surface area (Å²) in [6.07, 6.45) is 0.395. The Morgan fingerprint density at radius 3 is 2.56 bits per heavy atom. The fraction of sp³-hybridized carbons (Fsp3) is 0.250. The lowest BCUT2D eigenvalue weighted by atomic mass is 10.2. The van der Waals surface area contributed by atoms with E-state index in [-0.39, 0.29) is 5.91 Å². The van der Waals surface area contributed by atoms with E-state index in [0.29, 0.717) is 29.9 Å². The molecule has 0 spiro atoms. The number of aliphatic hydroxyl groups is 2. The molecule has 0 aliphatic carbocycles. The molecule has 1 heterocycles. The van der Waals surface area contributed by atoms with Crippen LogP contribution in [0.1, 0.15) is 15.4 Å². The van der Waals surface area contributed by atoms with Crippen LogP contribution in [0.15, 0.2) is 42.6 Å². The van der Waals surface area contributed by atoms with Crippen molar-refractivity contribution in [2.75, 3.05) is 7.18 Å². The van der Waals surface area contributed by atoms with E-state index >= 15 is 0 Å². The molecule has 0 bridgehead atoms. The molecule has 2 rings (SSSR count). The lowest BCUT2D eigenvalue weighted by Gasteiger charge is -2.16. The maximum Gasteiger partial charge on any atom is 0.298 e. The average molecular weight is 374 g/mol. The van der Waals surface area contributed by atoms with Gasteiger partial charge in [-0.05, 0) is 11.6 Å². The molecule has 0 fully saturated rings. The molecule has 0 atom stereocenters. The number of nitrogens with zero attached hydrogens (tertiary/aromatic N) is 1. The Hall–Kier alpha value is -2.23. The second-order valence-electron chi connectivity index (χ2n) is 4.63. The zero-order valence-electron chi connectivity index (χ0n) is 13.2. The Balaban J connectivity index is 0.00000151. The fourth-order valence-electron chi connectivity index (χ4n) is 1.63. The minimum atomic E-state index is -3.38. The molecule has 1 aromatic carbocycles. The van der Waals surface area contributed by atoms with Crippen molar-refractivity contribution in [3.8, 4) is 0 Å². The normalized spacial score (nSPS) is 11.3. The van der Waals surface area contributed by atoms with Crippen LogP contribution in [-0.4, -0.2) is 34.7 Å². The van der Waals surface area contributed by atoms with Gasteiger partial charge in [-0.25, -0.2) is 13.8 Å². The van der Waals surface area contributed by atoms with Gasteiger partial charge < -0.3 is 15.5 Å². The van der Waals surface area contributed by atoms with Crippen LogP contribution in [0.3, 0.4) is 0 Å². The number of carbonyl (C=O) groups excluding carboxylic acids is 1. The molecule has 1 aromatic heterocycles. The summed E-state index contributed by atoms with van der Waals surface area (Å²) >= 11 is 0.667. The first-order chi connectivity index (χ1) is 11.9. The monoisotopic (exact) mass is 374 g/mol. The van der Waals surface area contributed by atoms with Crippen molar-refractivity contribution in [1.29, 1.82) is 0 Å². The molecule has 0 saturated heterocycles. The van der Waals surface area contributed by atoms with Crippen LogP contribution in [0, 0.1) is 0 Å². The molecule has 0 aliphatic rings. The Labute approximate surface area is 146 Å². The van der Waals surface area contributed by atoms with Gasteiger partial charge in [0.2, 0.25) is 5.91 Å². The zero-order valence-corrected chi connectivity index (χ0v) is 14.0. The number of rotatable bonds is 6. The summed E-state index contributed by atoms with van der Waals surface area (Å²) < 4.78 is 34.4. The Morgan fingerprint density at radius 1 is 1.32 bits per heavy atom. The standard InChI is InChI=1S/C15H14F2N2O3S.CH3F/c16-13(17)15(21,22)14-19-9-11(23-14)6-7-12(20)18-8-10-4-2-1-3-5-10;1-2/h1-7,9,13,21-22H,8H2,(H,18,20);1H3/b7-6+;. The topological polar surface area (TPSA) is 82.5 Å². The SMILES string of the molecule is CF.O=C(/C=C/c1cnc(C(O)(O)C(F)F)s1)NCc1ccccc1. The number of thiazole rings is 1.